The molecule has 6 heteroatoms. The SMILES string of the molecule is COc1ncccc1NC(=O)N(CC1CCOC1)C1CC1. The number of urea groups is 1. The molecule has 2 aliphatic rings. The molecule has 0 bridgehead atoms. The second-order valence-electron chi connectivity index (χ2n) is 5.60. The molecule has 1 aliphatic heterocycles. The summed E-state index contributed by atoms with van der Waals surface area (Å²) in [5.41, 5.74) is 0.610. The van der Waals surface area contributed by atoms with Gasteiger partial charge in [-0.25, -0.2) is 9.78 Å². The third-order valence-corrected chi connectivity index (χ3v) is 3.93. The first kappa shape index (κ1) is 14.1. The van der Waals surface area contributed by atoms with Crippen LogP contribution in [0.15, 0.2) is 18.3 Å². The lowest BCUT2D eigenvalue weighted by atomic mass is 10.1. The number of hydrogen-bond acceptors (Lipinski definition) is 4. The van der Waals surface area contributed by atoms with Crippen molar-refractivity contribution in [3.63, 3.8) is 0 Å². The van der Waals surface area contributed by atoms with E-state index in [2.05, 4.69) is 10.3 Å². The predicted octanol–water partition coefficient (Wildman–Crippen LogP) is 2.12. The van der Waals surface area contributed by atoms with Gasteiger partial charge in [-0.2, -0.15) is 0 Å². The second-order valence-corrected chi connectivity index (χ2v) is 5.60. The van der Waals surface area contributed by atoms with E-state index in [0.717, 1.165) is 39.0 Å². The molecule has 21 heavy (non-hydrogen) atoms. The van der Waals surface area contributed by atoms with Crippen LogP contribution in [-0.4, -0.2) is 48.8 Å². The molecule has 0 aromatic carbocycles. The fraction of sp³-hybridized carbons (Fsp3) is 0.600. The van der Waals surface area contributed by atoms with Crippen LogP contribution in [0.3, 0.4) is 0 Å². The van der Waals surface area contributed by atoms with Gasteiger partial charge in [0.2, 0.25) is 5.88 Å². The number of ether oxygens (including phenoxy) is 2. The highest BCUT2D eigenvalue weighted by molar-refractivity contribution is 5.91. The van der Waals surface area contributed by atoms with Crippen molar-refractivity contribution < 1.29 is 14.3 Å². The van der Waals surface area contributed by atoms with Crippen molar-refractivity contribution in [2.24, 2.45) is 5.92 Å². The molecule has 3 rings (SSSR count). The number of nitrogens with one attached hydrogen (secondary N) is 1. The van der Waals surface area contributed by atoms with E-state index in [4.69, 9.17) is 9.47 Å². The lowest BCUT2D eigenvalue weighted by Gasteiger charge is -2.25. The molecule has 0 spiro atoms. The highest BCUT2D eigenvalue weighted by atomic mass is 16.5. The normalized spacial score (nSPS) is 21.1. The lowest BCUT2D eigenvalue weighted by Crippen LogP contribution is -2.40. The van der Waals surface area contributed by atoms with Crippen LogP contribution in [0.4, 0.5) is 10.5 Å². The first-order valence-electron chi connectivity index (χ1n) is 7.42. The molecular weight excluding hydrogens is 270 g/mol. The van der Waals surface area contributed by atoms with Gasteiger partial charge in [-0.05, 0) is 31.4 Å². The van der Waals surface area contributed by atoms with E-state index >= 15 is 0 Å². The first-order chi connectivity index (χ1) is 10.3. The van der Waals surface area contributed by atoms with Gasteiger partial charge in [0.15, 0.2) is 0 Å². The summed E-state index contributed by atoms with van der Waals surface area (Å²) in [6, 6.07) is 3.88. The standard InChI is InChI=1S/C15H21N3O3/c1-20-14-13(3-2-7-16-14)17-15(19)18(12-4-5-12)9-11-6-8-21-10-11/h2-3,7,11-12H,4-6,8-10H2,1H3,(H,17,19). The quantitative estimate of drug-likeness (QED) is 0.902. The Morgan fingerprint density at radius 1 is 1.52 bits per heavy atom. The molecule has 1 aromatic rings. The van der Waals surface area contributed by atoms with Crippen LogP contribution in [0.1, 0.15) is 19.3 Å². The highest BCUT2D eigenvalue weighted by Gasteiger charge is 2.35. The molecule has 114 valence electrons. The van der Waals surface area contributed by atoms with E-state index in [9.17, 15) is 4.79 Å². The topological polar surface area (TPSA) is 63.7 Å². The molecule has 2 heterocycles. The highest BCUT2D eigenvalue weighted by Crippen LogP contribution is 2.30. The zero-order valence-corrected chi connectivity index (χ0v) is 12.2. The Morgan fingerprint density at radius 2 is 2.38 bits per heavy atom. The molecule has 1 aromatic heterocycles. The number of nitrogens with zero attached hydrogens (tertiary/aromatic N) is 2. The van der Waals surface area contributed by atoms with Crippen LogP contribution in [-0.2, 0) is 4.74 Å². The molecule has 0 radical (unpaired) electrons. The van der Waals surface area contributed by atoms with E-state index in [1.54, 1.807) is 25.4 Å². The summed E-state index contributed by atoms with van der Waals surface area (Å²) < 4.78 is 10.6. The zero-order valence-electron chi connectivity index (χ0n) is 12.2. The number of hydrogen-bond donors (Lipinski definition) is 1. The number of carbonyl (C=O) groups excluding carboxylic acids is 1. The van der Waals surface area contributed by atoms with Crippen LogP contribution < -0.4 is 10.1 Å². The van der Waals surface area contributed by atoms with Crippen molar-refractivity contribution in [1.29, 1.82) is 0 Å². The summed E-state index contributed by atoms with van der Waals surface area (Å²) in [6.45, 7) is 2.33. The number of methoxy groups -OCH3 is 1. The Labute approximate surface area is 124 Å². The minimum atomic E-state index is -0.0734. The van der Waals surface area contributed by atoms with Gasteiger partial charge < -0.3 is 19.7 Å². The Hall–Kier alpha value is -1.82. The maximum absolute atomic E-state index is 12.5. The van der Waals surface area contributed by atoms with Crippen molar-refractivity contribution in [2.45, 2.75) is 25.3 Å². The average molecular weight is 291 g/mol. The Balaban J connectivity index is 1.66. The molecule has 1 N–H and O–H groups in total. The Kier molecular flexibility index (Phi) is 4.24. The van der Waals surface area contributed by atoms with Gasteiger partial charge in [0, 0.05) is 31.3 Å². The Morgan fingerprint density at radius 3 is 3.05 bits per heavy atom. The molecule has 2 amide bonds. The number of aromatic nitrogens is 1. The van der Waals surface area contributed by atoms with Gasteiger partial charge in [-0.1, -0.05) is 0 Å². The zero-order chi connectivity index (χ0) is 14.7. The van der Waals surface area contributed by atoms with Crippen LogP contribution in [0.5, 0.6) is 5.88 Å². The van der Waals surface area contributed by atoms with Gasteiger partial charge in [0.05, 0.1) is 13.7 Å². The van der Waals surface area contributed by atoms with Crippen LogP contribution in [0.2, 0.25) is 0 Å². The number of pyridine rings is 1. The van der Waals surface area contributed by atoms with Crippen molar-refractivity contribution in [3.8, 4) is 5.88 Å². The minimum Gasteiger partial charge on any atom is -0.480 e. The minimum absolute atomic E-state index is 0.0734. The number of amides is 2. The third kappa shape index (κ3) is 3.44. The average Bonchev–Trinajstić information content (AvgIpc) is 3.21. The maximum Gasteiger partial charge on any atom is 0.322 e. The molecule has 2 fully saturated rings. The maximum atomic E-state index is 12.5. The monoisotopic (exact) mass is 291 g/mol. The van der Waals surface area contributed by atoms with Crippen LogP contribution in [0, 0.1) is 5.92 Å². The van der Waals surface area contributed by atoms with Gasteiger partial charge >= 0.3 is 6.03 Å². The Bertz CT molecular complexity index is 499. The van der Waals surface area contributed by atoms with Crippen molar-refractivity contribution in [1.82, 2.24) is 9.88 Å². The number of carbonyl (C=O) groups is 1. The van der Waals surface area contributed by atoms with Gasteiger partial charge in [-0.15, -0.1) is 0 Å². The summed E-state index contributed by atoms with van der Waals surface area (Å²) in [7, 11) is 1.55. The third-order valence-electron chi connectivity index (χ3n) is 3.93. The summed E-state index contributed by atoms with van der Waals surface area (Å²) in [5, 5.41) is 2.92. The second kappa shape index (κ2) is 6.30. The largest absolute Gasteiger partial charge is 0.480 e. The number of rotatable bonds is 5. The van der Waals surface area contributed by atoms with E-state index in [0.29, 0.717) is 23.5 Å². The summed E-state index contributed by atoms with van der Waals surface area (Å²) >= 11 is 0. The van der Waals surface area contributed by atoms with E-state index in [1.165, 1.54) is 0 Å². The van der Waals surface area contributed by atoms with Gasteiger partial charge in [0.1, 0.15) is 5.69 Å². The van der Waals surface area contributed by atoms with Gasteiger partial charge in [0.25, 0.3) is 0 Å². The van der Waals surface area contributed by atoms with Crippen molar-refractivity contribution in [3.05, 3.63) is 18.3 Å². The molecule has 1 aliphatic carbocycles. The molecule has 6 nitrogen and oxygen atoms in total. The van der Waals surface area contributed by atoms with Crippen molar-refractivity contribution >= 4 is 11.7 Å². The molecule has 1 atom stereocenters. The lowest BCUT2D eigenvalue weighted by molar-refractivity contribution is 0.167. The summed E-state index contributed by atoms with van der Waals surface area (Å²) in [5.74, 6) is 0.887. The smallest absolute Gasteiger partial charge is 0.322 e. The van der Waals surface area contributed by atoms with Crippen molar-refractivity contribution in [2.75, 3.05) is 32.2 Å². The fourth-order valence-corrected chi connectivity index (χ4v) is 2.63. The first-order valence-corrected chi connectivity index (χ1v) is 7.42. The predicted molar refractivity (Wildman–Crippen MR) is 78.5 cm³/mol. The summed E-state index contributed by atoms with van der Waals surface area (Å²) in [4.78, 5) is 18.6. The molecule has 1 unspecified atom stereocenters. The van der Waals surface area contributed by atoms with Crippen LogP contribution >= 0.6 is 0 Å². The van der Waals surface area contributed by atoms with Crippen LogP contribution in [0.25, 0.3) is 0 Å². The van der Waals surface area contributed by atoms with E-state index in [-0.39, 0.29) is 6.03 Å². The molecule has 1 saturated heterocycles. The molecule has 1 saturated carbocycles. The van der Waals surface area contributed by atoms with E-state index in [1.807, 2.05) is 4.90 Å². The number of anilines is 1. The fourth-order valence-electron chi connectivity index (χ4n) is 2.63. The van der Waals surface area contributed by atoms with E-state index < -0.39 is 0 Å². The molecular formula is C15H21N3O3. The summed E-state index contributed by atoms with van der Waals surface area (Å²) in [6.07, 6.45) is 4.85. The van der Waals surface area contributed by atoms with Gasteiger partial charge in [-0.3, -0.25) is 0 Å².